The van der Waals surface area contributed by atoms with Crippen LogP contribution in [0.1, 0.15) is 11.1 Å². The quantitative estimate of drug-likeness (QED) is 0.155. The number of nitrogens with zero attached hydrogens (tertiary/aromatic N) is 4. The number of fused-ring (bicyclic) bond motifs is 3. The lowest BCUT2D eigenvalue weighted by Crippen LogP contribution is -2.10. The first-order valence-corrected chi connectivity index (χ1v) is 19.7. The molecule has 1 heterocycles. The summed E-state index contributed by atoms with van der Waals surface area (Å²) in [6.45, 7) is 4.27. The average molecular weight is 745 g/mol. The Morgan fingerprint density at radius 3 is 1.02 bits per heavy atom. The van der Waals surface area contributed by atoms with Gasteiger partial charge in [0.25, 0.3) is 0 Å². The molecule has 0 aliphatic rings. The van der Waals surface area contributed by atoms with E-state index in [2.05, 4.69) is 230 Å². The van der Waals surface area contributed by atoms with Crippen molar-refractivity contribution in [2.75, 3.05) is 9.80 Å². The minimum atomic E-state index is 0.849. The van der Waals surface area contributed by atoms with Crippen molar-refractivity contribution in [3.63, 3.8) is 0 Å². The van der Waals surface area contributed by atoms with Gasteiger partial charge in [-0.3, -0.25) is 0 Å². The van der Waals surface area contributed by atoms with Crippen LogP contribution < -0.4 is 9.80 Å². The molecule has 4 nitrogen and oxygen atoms in total. The summed E-state index contributed by atoms with van der Waals surface area (Å²) >= 11 is 0. The fourth-order valence-electron chi connectivity index (χ4n) is 7.93. The van der Waals surface area contributed by atoms with Crippen molar-refractivity contribution in [2.24, 2.45) is 0 Å². The van der Waals surface area contributed by atoms with Gasteiger partial charge in [0.15, 0.2) is 0 Å². The van der Waals surface area contributed by atoms with Gasteiger partial charge in [0.1, 0.15) is 0 Å². The SMILES string of the molecule is Cc1cc2nc(-c3ccc(N(c4ccccc4)c4ccc5ccccc5c4)cc3)c(-c3ccc(N(c4ccccc4)c4ccc5ccccc5c4)cc3)nc2cc1C. The minimum absolute atomic E-state index is 0.849. The van der Waals surface area contributed by atoms with E-state index in [-0.39, 0.29) is 0 Å². The molecule has 0 fully saturated rings. The van der Waals surface area contributed by atoms with Gasteiger partial charge in [0, 0.05) is 45.3 Å². The maximum atomic E-state index is 5.34. The Morgan fingerprint density at radius 1 is 0.293 bits per heavy atom. The number of benzene rings is 9. The second kappa shape index (κ2) is 14.8. The van der Waals surface area contributed by atoms with Crippen LogP contribution in [0.3, 0.4) is 0 Å². The van der Waals surface area contributed by atoms with Crippen molar-refractivity contribution in [2.45, 2.75) is 13.8 Å². The molecule has 10 rings (SSSR count). The molecule has 276 valence electrons. The van der Waals surface area contributed by atoms with Gasteiger partial charge >= 0.3 is 0 Å². The number of rotatable bonds is 8. The molecule has 10 aromatic rings. The molecular weight excluding hydrogens is 705 g/mol. The minimum Gasteiger partial charge on any atom is -0.310 e. The first-order valence-electron chi connectivity index (χ1n) is 19.7. The Balaban J connectivity index is 1.07. The van der Waals surface area contributed by atoms with Gasteiger partial charge in [0.05, 0.1) is 22.4 Å². The highest BCUT2D eigenvalue weighted by molar-refractivity contribution is 5.92. The van der Waals surface area contributed by atoms with Crippen LogP contribution in [0.5, 0.6) is 0 Å². The zero-order valence-electron chi connectivity index (χ0n) is 32.4. The monoisotopic (exact) mass is 744 g/mol. The Kier molecular flexibility index (Phi) is 8.92. The van der Waals surface area contributed by atoms with Crippen molar-refractivity contribution in [3.8, 4) is 22.5 Å². The predicted molar refractivity (Wildman–Crippen MR) is 244 cm³/mol. The molecule has 9 aromatic carbocycles. The van der Waals surface area contributed by atoms with Crippen LogP contribution in [-0.4, -0.2) is 9.97 Å². The third kappa shape index (κ3) is 6.61. The van der Waals surface area contributed by atoms with Crippen LogP contribution in [0.15, 0.2) is 206 Å². The summed E-state index contributed by atoms with van der Waals surface area (Å²) < 4.78 is 0. The highest BCUT2D eigenvalue weighted by Crippen LogP contribution is 2.40. The summed E-state index contributed by atoms with van der Waals surface area (Å²) in [5, 5.41) is 4.84. The van der Waals surface area contributed by atoms with Crippen molar-refractivity contribution < 1.29 is 0 Å². The standard InChI is InChI=1S/C54H40N4/c1-37-33-51-52(34-38(37)2)56-54(42-25-29-48(30-26-42)58(46-19-7-4-8-20-46)50-32-22-40-14-10-12-16-44(40)36-50)53(55-51)41-23-27-47(28-24-41)57(45-17-5-3-6-18-45)49-31-21-39-13-9-11-15-43(39)35-49/h3-36H,1-2H3. The Bertz CT molecular complexity index is 2860. The Morgan fingerprint density at radius 2 is 0.621 bits per heavy atom. The average Bonchev–Trinajstić information content (AvgIpc) is 3.28. The van der Waals surface area contributed by atoms with E-state index in [1.807, 2.05) is 0 Å². The number of para-hydroxylation sites is 2. The second-order valence-electron chi connectivity index (χ2n) is 14.8. The van der Waals surface area contributed by atoms with Crippen LogP contribution >= 0.6 is 0 Å². The third-order valence-electron chi connectivity index (χ3n) is 11.1. The maximum absolute atomic E-state index is 5.34. The molecule has 0 saturated carbocycles. The summed E-state index contributed by atoms with van der Waals surface area (Å²) in [6.07, 6.45) is 0. The van der Waals surface area contributed by atoms with E-state index in [0.29, 0.717) is 0 Å². The fraction of sp³-hybridized carbons (Fsp3) is 0.0370. The molecule has 0 unspecified atom stereocenters. The normalized spacial score (nSPS) is 11.3. The molecule has 0 bridgehead atoms. The molecule has 4 heteroatoms. The molecule has 0 radical (unpaired) electrons. The molecule has 0 aliphatic heterocycles. The number of hydrogen-bond acceptors (Lipinski definition) is 4. The van der Waals surface area contributed by atoms with Gasteiger partial charge in [-0.2, -0.15) is 0 Å². The topological polar surface area (TPSA) is 32.3 Å². The third-order valence-corrected chi connectivity index (χ3v) is 11.1. The largest absolute Gasteiger partial charge is 0.310 e. The molecule has 1 aromatic heterocycles. The molecule has 0 aliphatic carbocycles. The lowest BCUT2D eigenvalue weighted by molar-refractivity contribution is 1.25. The molecule has 0 amide bonds. The molecule has 0 N–H and O–H groups in total. The lowest BCUT2D eigenvalue weighted by Gasteiger charge is -2.26. The van der Waals surface area contributed by atoms with E-state index in [1.54, 1.807) is 0 Å². The van der Waals surface area contributed by atoms with Crippen LogP contribution in [0, 0.1) is 13.8 Å². The number of aromatic nitrogens is 2. The van der Waals surface area contributed by atoms with E-state index >= 15 is 0 Å². The second-order valence-corrected chi connectivity index (χ2v) is 14.8. The number of anilines is 6. The van der Waals surface area contributed by atoms with E-state index in [9.17, 15) is 0 Å². The lowest BCUT2D eigenvalue weighted by atomic mass is 10.0. The first-order chi connectivity index (χ1) is 28.6. The van der Waals surface area contributed by atoms with Crippen molar-refractivity contribution >= 4 is 66.7 Å². The van der Waals surface area contributed by atoms with E-state index in [1.165, 1.54) is 32.7 Å². The summed E-state index contributed by atoms with van der Waals surface area (Å²) in [4.78, 5) is 15.3. The summed E-state index contributed by atoms with van der Waals surface area (Å²) in [5.41, 5.74) is 14.4. The van der Waals surface area contributed by atoms with Crippen molar-refractivity contribution in [3.05, 3.63) is 217 Å². The van der Waals surface area contributed by atoms with Gasteiger partial charge in [-0.05, 0) is 131 Å². The van der Waals surface area contributed by atoms with E-state index in [0.717, 1.165) is 67.7 Å². The Labute approximate surface area is 339 Å². The van der Waals surface area contributed by atoms with Crippen molar-refractivity contribution in [1.29, 1.82) is 0 Å². The molecule has 0 saturated heterocycles. The van der Waals surface area contributed by atoms with Crippen LogP contribution in [0.4, 0.5) is 34.1 Å². The van der Waals surface area contributed by atoms with E-state index in [4.69, 9.17) is 9.97 Å². The van der Waals surface area contributed by atoms with Gasteiger partial charge in [0.2, 0.25) is 0 Å². The zero-order valence-corrected chi connectivity index (χ0v) is 32.4. The number of aryl methyl sites for hydroxylation is 2. The highest BCUT2D eigenvalue weighted by atomic mass is 15.1. The summed E-state index contributed by atoms with van der Waals surface area (Å²) in [7, 11) is 0. The van der Waals surface area contributed by atoms with E-state index < -0.39 is 0 Å². The smallest absolute Gasteiger partial charge is 0.0973 e. The van der Waals surface area contributed by atoms with Gasteiger partial charge < -0.3 is 9.80 Å². The van der Waals surface area contributed by atoms with Crippen LogP contribution in [-0.2, 0) is 0 Å². The molecular formula is C54H40N4. The van der Waals surface area contributed by atoms with Crippen LogP contribution in [0.25, 0.3) is 55.1 Å². The highest BCUT2D eigenvalue weighted by Gasteiger charge is 2.19. The van der Waals surface area contributed by atoms with Crippen LogP contribution in [0.2, 0.25) is 0 Å². The Hall–Kier alpha value is -7.56. The van der Waals surface area contributed by atoms with Crippen molar-refractivity contribution in [1.82, 2.24) is 9.97 Å². The van der Waals surface area contributed by atoms with Gasteiger partial charge in [-0.1, -0.05) is 121 Å². The first kappa shape index (κ1) is 34.9. The van der Waals surface area contributed by atoms with Gasteiger partial charge in [-0.25, -0.2) is 9.97 Å². The van der Waals surface area contributed by atoms with Gasteiger partial charge in [-0.15, -0.1) is 0 Å². The fourth-order valence-corrected chi connectivity index (χ4v) is 7.93. The molecule has 0 spiro atoms. The maximum Gasteiger partial charge on any atom is 0.0973 e. The number of hydrogen-bond donors (Lipinski definition) is 0. The summed E-state index contributed by atoms with van der Waals surface area (Å²) in [5.74, 6) is 0. The predicted octanol–water partition coefficient (Wildman–Crippen LogP) is 14.8. The summed E-state index contributed by atoms with van der Waals surface area (Å²) in [6, 6.07) is 73.2. The molecule has 58 heavy (non-hydrogen) atoms. The zero-order chi connectivity index (χ0) is 39.0. The molecule has 0 atom stereocenters.